The van der Waals surface area contributed by atoms with Gasteiger partial charge in [0.15, 0.2) is 0 Å². The maximum Gasteiger partial charge on any atom is 0.407 e. The Labute approximate surface area is 146 Å². The van der Waals surface area contributed by atoms with Gasteiger partial charge in [-0.15, -0.1) is 0 Å². The van der Waals surface area contributed by atoms with Crippen LogP contribution in [0.2, 0.25) is 0 Å². The summed E-state index contributed by atoms with van der Waals surface area (Å²) in [5, 5.41) is 10.5. The van der Waals surface area contributed by atoms with Crippen molar-refractivity contribution in [2.24, 2.45) is 0 Å². The van der Waals surface area contributed by atoms with Crippen LogP contribution in [0, 0.1) is 0 Å². The zero-order valence-corrected chi connectivity index (χ0v) is 14.6. The van der Waals surface area contributed by atoms with Crippen molar-refractivity contribution in [1.82, 2.24) is 14.5 Å². The summed E-state index contributed by atoms with van der Waals surface area (Å²) in [6.07, 6.45) is -0.906. The Morgan fingerprint density at radius 3 is 2.44 bits per heavy atom. The van der Waals surface area contributed by atoms with E-state index >= 15 is 0 Å². The summed E-state index contributed by atoms with van der Waals surface area (Å²) >= 11 is 0. The second-order valence-electron chi connectivity index (χ2n) is 5.99. The number of nitrogens with zero attached hydrogens (tertiary/aromatic N) is 2. The lowest BCUT2D eigenvalue weighted by molar-refractivity contribution is 0.106. The molecule has 0 radical (unpaired) electrons. The molecule has 0 aliphatic carbocycles. The van der Waals surface area contributed by atoms with Crippen LogP contribution < -0.4 is 4.72 Å². The molecule has 0 spiro atoms. The zero-order valence-electron chi connectivity index (χ0n) is 13.8. The van der Waals surface area contributed by atoms with Crippen molar-refractivity contribution in [3.05, 3.63) is 42.5 Å². The Hall–Kier alpha value is -2.16. The van der Waals surface area contributed by atoms with Gasteiger partial charge in [-0.25, -0.2) is 17.9 Å². The molecule has 0 bridgehead atoms. The van der Waals surface area contributed by atoms with Crippen LogP contribution in [-0.4, -0.2) is 68.7 Å². The lowest BCUT2D eigenvalue weighted by atomic mass is 10.1. The predicted molar refractivity (Wildman–Crippen MR) is 95.2 cm³/mol. The lowest BCUT2D eigenvalue weighted by Crippen LogP contribution is -2.49. The molecule has 0 atom stereocenters. The van der Waals surface area contributed by atoms with Gasteiger partial charge in [0.25, 0.3) is 0 Å². The van der Waals surface area contributed by atoms with Gasteiger partial charge in [0.05, 0.1) is 4.90 Å². The van der Waals surface area contributed by atoms with E-state index in [1.54, 1.807) is 18.2 Å². The Balaban J connectivity index is 1.60. The van der Waals surface area contributed by atoms with Gasteiger partial charge in [-0.05, 0) is 11.5 Å². The Morgan fingerprint density at radius 2 is 1.72 bits per heavy atom. The van der Waals surface area contributed by atoms with E-state index in [2.05, 4.69) is 9.62 Å². The topological polar surface area (TPSA) is 89.9 Å². The minimum absolute atomic E-state index is 0.279. The van der Waals surface area contributed by atoms with Crippen LogP contribution in [0.5, 0.6) is 0 Å². The van der Waals surface area contributed by atoms with E-state index in [-0.39, 0.29) is 4.90 Å². The summed E-state index contributed by atoms with van der Waals surface area (Å²) in [6, 6.07) is 12.6. The average Bonchev–Trinajstić information content (AvgIpc) is 2.61. The first-order valence-electron chi connectivity index (χ1n) is 8.15. The van der Waals surface area contributed by atoms with Gasteiger partial charge in [-0.3, -0.25) is 4.90 Å². The van der Waals surface area contributed by atoms with Crippen molar-refractivity contribution >= 4 is 26.9 Å². The smallest absolute Gasteiger partial charge is 0.407 e. The summed E-state index contributed by atoms with van der Waals surface area (Å²) in [6.45, 7) is 2.97. The first kappa shape index (κ1) is 17.7. The molecule has 134 valence electrons. The third kappa shape index (κ3) is 4.09. The summed E-state index contributed by atoms with van der Waals surface area (Å²) < 4.78 is 27.9. The van der Waals surface area contributed by atoms with E-state index in [0.717, 1.165) is 5.39 Å². The average molecular weight is 363 g/mol. The molecule has 8 heteroatoms. The second-order valence-corrected chi connectivity index (χ2v) is 7.72. The third-order valence-electron chi connectivity index (χ3n) is 4.40. The fraction of sp³-hybridized carbons (Fsp3) is 0.353. The number of carboxylic acid groups (broad SMARTS) is 1. The van der Waals surface area contributed by atoms with Crippen molar-refractivity contribution in [1.29, 1.82) is 0 Å². The minimum atomic E-state index is -3.59. The molecule has 1 aliphatic heterocycles. The molecule has 3 rings (SSSR count). The molecule has 2 aromatic carbocycles. The van der Waals surface area contributed by atoms with Crippen LogP contribution in [0.3, 0.4) is 0 Å². The summed E-state index contributed by atoms with van der Waals surface area (Å²) in [5.41, 5.74) is 0. The number of benzene rings is 2. The second kappa shape index (κ2) is 7.38. The molecule has 1 aliphatic rings. The van der Waals surface area contributed by atoms with Crippen molar-refractivity contribution in [2.75, 3.05) is 39.3 Å². The number of hydrogen-bond acceptors (Lipinski definition) is 4. The number of fused-ring (bicyclic) bond motifs is 1. The number of carbonyl (C=O) groups is 1. The normalized spacial score (nSPS) is 16.2. The van der Waals surface area contributed by atoms with Crippen molar-refractivity contribution < 1.29 is 18.3 Å². The highest BCUT2D eigenvalue weighted by molar-refractivity contribution is 7.89. The van der Waals surface area contributed by atoms with E-state index in [1.165, 1.54) is 4.90 Å². The highest BCUT2D eigenvalue weighted by Crippen LogP contribution is 2.22. The zero-order chi connectivity index (χ0) is 17.9. The Bertz CT molecular complexity index is 856. The van der Waals surface area contributed by atoms with E-state index in [9.17, 15) is 13.2 Å². The van der Waals surface area contributed by atoms with Gasteiger partial charge in [-0.1, -0.05) is 36.4 Å². The fourth-order valence-corrected chi connectivity index (χ4v) is 4.26. The molecule has 0 unspecified atom stereocenters. The SMILES string of the molecule is O=C(O)N1CCN(CCNS(=O)(=O)c2cccc3ccccc23)CC1. The minimum Gasteiger partial charge on any atom is -0.465 e. The fourth-order valence-electron chi connectivity index (χ4n) is 3.01. The monoisotopic (exact) mass is 363 g/mol. The van der Waals surface area contributed by atoms with Crippen molar-refractivity contribution in [3.8, 4) is 0 Å². The number of nitrogens with one attached hydrogen (secondary N) is 1. The van der Waals surface area contributed by atoms with E-state index in [0.29, 0.717) is 44.7 Å². The molecule has 0 saturated carbocycles. The van der Waals surface area contributed by atoms with E-state index in [4.69, 9.17) is 5.11 Å². The summed E-state index contributed by atoms with van der Waals surface area (Å²) in [7, 11) is -3.59. The molecule has 1 amide bonds. The molecular formula is C17H21N3O4S. The van der Waals surface area contributed by atoms with Crippen molar-refractivity contribution in [3.63, 3.8) is 0 Å². The summed E-state index contributed by atoms with van der Waals surface area (Å²) in [4.78, 5) is 14.6. The van der Waals surface area contributed by atoms with Gasteiger partial charge in [0, 0.05) is 44.7 Å². The molecule has 1 heterocycles. The molecule has 25 heavy (non-hydrogen) atoms. The predicted octanol–water partition coefficient (Wildman–Crippen LogP) is 1.41. The first-order chi connectivity index (χ1) is 12.0. The number of rotatable bonds is 5. The lowest BCUT2D eigenvalue weighted by Gasteiger charge is -2.32. The van der Waals surface area contributed by atoms with Crippen LogP contribution in [0.15, 0.2) is 47.4 Å². The maximum atomic E-state index is 12.6. The largest absolute Gasteiger partial charge is 0.465 e. The van der Waals surface area contributed by atoms with Crippen LogP contribution in [0.25, 0.3) is 10.8 Å². The van der Waals surface area contributed by atoms with Gasteiger partial charge >= 0.3 is 6.09 Å². The van der Waals surface area contributed by atoms with Crippen LogP contribution in [0.1, 0.15) is 0 Å². The standard InChI is InChI=1S/C17H21N3O4S/c21-17(22)20-12-10-19(11-13-20)9-8-18-25(23,24)16-7-3-5-14-4-1-2-6-15(14)16/h1-7,18H,8-13H2,(H,21,22). The van der Waals surface area contributed by atoms with Gasteiger partial charge < -0.3 is 10.0 Å². The van der Waals surface area contributed by atoms with Crippen LogP contribution in [0.4, 0.5) is 4.79 Å². The van der Waals surface area contributed by atoms with Crippen LogP contribution in [-0.2, 0) is 10.0 Å². The maximum absolute atomic E-state index is 12.6. The molecule has 2 N–H and O–H groups in total. The number of sulfonamides is 1. The molecule has 1 fully saturated rings. The molecular weight excluding hydrogens is 342 g/mol. The van der Waals surface area contributed by atoms with Gasteiger partial charge in [-0.2, -0.15) is 0 Å². The summed E-state index contributed by atoms with van der Waals surface area (Å²) in [5.74, 6) is 0. The number of hydrogen-bond donors (Lipinski definition) is 2. The molecule has 1 saturated heterocycles. The highest BCUT2D eigenvalue weighted by atomic mass is 32.2. The van der Waals surface area contributed by atoms with Gasteiger partial charge in [0.1, 0.15) is 0 Å². The number of amides is 1. The van der Waals surface area contributed by atoms with E-state index in [1.807, 2.05) is 24.3 Å². The third-order valence-corrected chi connectivity index (χ3v) is 5.92. The number of piperazine rings is 1. The quantitative estimate of drug-likeness (QED) is 0.838. The highest BCUT2D eigenvalue weighted by Gasteiger charge is 2.21. The van der Waals surface area contributed by atoms with Crippen molar-refractivity contribution in [2.45, 2.75) is 4.90 Å². The van der Waals surface area contributed by atoms with E-state index < -0.39 is 16.1 Å². The molecule has 2 aromatic rings. The van der Waals surface area contributed by atoms with Gasteiger partial charge in [0.2, 0.25) is 10.0 Å². The first-order valence-corrected chi connectivity index (χ1v) is 9.63. The molecule has 7 nitrogen and oxygen atoms in total. The molecule has 0 aromatic heterocycles. The Kier molecular flexibility index (Phi) is 5.22. The Morgan fingerprint density at radius 1 is 1.04 bits per heavy atom. The van der Waals surface area contributed by atoms with Crippen LogP contribution >= 0.6 is 0 Å².